The molecule has 6 nitrogen and oxygen atoms in total. The van der Waals surface area contributed by atoms with E-state index in [-0.39, 0.29) is 5.91 Å². The Morgan fingerprint density at radius 3 is 2.81 bits per heavy atom. The number of benzene rings is 1. The van der Waals surface area contributed by atoms with Crippen LogP contribution in [0.2, 0.25) is 0 Å². The Morgan fingerprint density at radius 2 is 2.12 bits per heavy atom. The first-order chi connectivity index (χ1) is 12.6. The van der Waals surface area contributed by atoms with Gasteiger partial charge < -0.3 is 9.64 Å². The normalized spacial score (nSPS) is 18.3. The number of piperazine rings is 1. The van der Waals surface area contributed by atoms with Gasteiger partial charge in [-0.3, -0.25) is 14.8 Å². The summed E-state index contributed by atoms with van der Waals surface area (Å²) in [5, 5.41) is 7.22. The predicted molar refractivity (Wildman–Crippen MR) is 105 cm³/mol. The van der Waals surface area contributed by atoms with E-state index in [2.05, 4.69) is 38.0 Å². The first kappa shape index (κ1) is 19.1. The molecule has 1 atom stereocenters. The van der Waals surface area contributed by atoms with E-state index in [9.17, 15) is 4.79 Å². The fourth-order valence-electron chi connectivity index (χ4n) is 3.34. The fourth-order valence-corrected chi connectivity index (χ4v) is 3.60. The highest BCUT2D eigenvalue weighted by molar-refractivity contribution is 9.10. The number of aromatic amines is 1. The summed E-state index contributed by atoms with van der Waals surface area (Å²) in [4.78, 5) is 17.2. The standard InChI is InChI=1S/C19H25BrN4O2/c1-3-16-13-24(9-8-23(16)10-11-26-2)19(25)18-12-17(21-22-18)14-4-6-15(20)7-5-14/h4-7,12,16H,3,8-11,13H2,1-2H3,(H,21,22). The molecule has 1 aliphatic rings. The zero-order valence-corrected chi connectivity index (χ0v) is 16.8. The van der Waals surface area contributed by atoms with Crippen molar-refractivity contribution in [2.75, 3.05) is 39.9 Å². The molecule has 0 aliphatic carbocycles. The first-order valence-electron chi connectivity index (χ1n) is 8.96. The van der Waals surface area contributed by atoms with Crippen LogP contribution in [-0.4, -0.2) is 71.8 Å². The minimum Gasteiger partial charge on any atom is -0.383 e. The number of aromatic nitrogens is 2. The zero-order chi connectivity index (χ0) is 18.5. The van der Waals surface area contributed by atoms with E-state index >= 15 is 0 Å². The van der Waals surface area contributed by atoms with Crippen LogP contribution in [-0.2, 0) is 4.74 Å². The van der Waals surface area contributed by atoms with Crippen molar-refractivity contribution in [2.45, 2.75) is 19.4 Å². The average molecular weight is 421 g/mol. The molecule has 1 saturated heterocycles. The molecule has 1 aliphatic heterocycles. The van der Waals surface area contributed by atoms with E-state index < -0.39 is 0 Å². The second-order valence-electron chi connectivity index (χ2n) is 6.52. The van der Waals surface area contributed by atoms with Crippen molar-refractivity contribution in [1.29, 1.82) is 0 Å². The zero-order valence-electron chi connectivity index (χ0n) is 15.2. The SMILES string of the molecule is CCC1CN(C(=O)c2cc(-c3ccc(Br)cc3)n[nH]2)CCN1CCOC. The third kappa shape index (κ3) is 4.34. The van der Waals surface area contributed by atoms with Gasteiger partial charge in [-0.05, 0) is 24.6 Å². The second kappa shape index (κ2) is 8.79. The molecule has 1 aromatic heterocycles. The number of hydrogen-bond donors (Lipinski definition) is 1. The smallest absolute Gasteiger partial charge is 0.271 e. The quantitative estimate of drug-likeness (QED) is 0.779. The molecular weight excluding hydrogens is 396 g/mol. The molecule has 26 heavy (non-hydrogen) atoms. The molecule has 1 fully saturated rings. The Labute approximate surface area is 162 Å². The summed E-state index contributed by atoms with van der Waals surface area (Å²) in [6.07, 6.45) is 1.01. The van der Waals surface area contributed by atoms with Crippen LogP contribution in [0.1, 0.15) is 23.8 Å². The van der Waals surface area contributed by atoms with Crippen molar-refractivity contribution >= 4 is 21.8 Å². The Bertz CT molecular complexity index is 731. The minimum atomic E-state index is 0.0192. The van der Waals surface area contributed by atoms with Gasteiger partial charge in [0.2, 0.25) is 0 Å². The largest absolute Gasteiger partial charge is 0.383 e. The van der Waals surface area contributed by atoms with Gasteiger partial charge in [0, 0.05) is 49.4 Å². The Hall–Kier alpha value is -1.70. The second-order valence-corrected chi connectivity index (χ2v) is 7.43. The van der Waals surface area contributed by atoms with Gasteiger partial charge in [0.1, 0.15) is 5.69 Å². The molecule has 1 N–H and O–H groups in total. The lowest BCUT2D eigenvalue weighted by atomic mass is 10.1. The molecule has 0 saturated carbocycles. The topological polar surface area (TPSA) is 61.5 Å². The first-order valence-corrected chi connectivity index (χ1v) is 9.75. The fraction of sp³-hybridized carbons (Fsp3) is 0.474. The predicted octanol–water partition coefficient (Wildman–Crippen LogP) is 3.02. The molecule has 0 bridgehead atoms. The number of ether oxygens (including phenoxy) is 1. The Balaban J connectivity index is 1.67. The third-order valence-corrected chi connectivity index (χ3v) is 5.42. The molecule has 1 amide bonds. The molecule has 2 heterocycles. The highest BCUT2D eigenvalue weighted by Crippen LogP contribution is 2.22. The molecule has 1 aromatic carbocycles. The van der Waals surface area contributed by atoms with E-state index in [1.807, 2.05) is 35.2 Å². The molecule has 7 heteroatoms. The molecule has 2 aromatic rings. The molecule has 3 rings (SSSR count). The molecule has 0 spiro atoms. The van der Waals surface area contributed by atoms with Crippen LogP contribution in [0.25, 0.3) is 11.3 Å². The monoisotopic (exact) mass is 420 g/mol. The maximum Gasteiger partial charge on any atom is 0.271 e. The highest BCUT2D eigenvalue weighted by Gasteiger charge is 2.29. The van der Waals surface area contributed by atoms with Gasteiger partial charge in [-0.25, -0.2) is 0 Å². The van der Waals surface area contributed by atoms with Gasteiger partial charge in [-0.15, -0.1) is 0 Å². The lowest BCUT2D eigenvalue weighted by Gasteiger charge is -2.40. The summed E-state index contributed by atoms with van der Waals surface area (Å²) < 4.78 is 6.21. The van der Waals surface area contributed by atoms with Crippen molar-refractivity contribution in [1.82, 2.24) is 20.0 Å². The summed E-state index contributed by atoms with van der Waals surface area (Å²) in [5.74, 6) is 0.0192. The third-order valence-electron chi connectivity index (χ3n) is 4.89. The van der Waals surface area contributed by atoms with Crippen molar-refractivity contribution in [3.8, 4) is 11.3 Å². The number of H-pyrrole nitrogens is 1. The van der Waals surface area contributed by atoms with E-state index in [0.29, 0.717) is 11.7 Å². The van der Waals surface area contributed by atoms with Crippen molar-refractivity contribution in [3.63, 3.8) is 0 Å². The van der Waals surface area contributed by atoms with Gasteiger partial charge in [-0.2, -0.15) is 5.10 Å². The number of carbonyl (C=O) groups is 1. The number of nitrogens with one attached hydrogen (secondary N) is 1. The number of nitrogens with zero attached hydrogens (tertiary/aromatic N) is 3. The van der Waals surface area contributed by atoms with Crippen LogP contribution in [0.15, 0.2) is 34.8 Å². The van der Waals surface area contributed by atoms with Crippen molar-refractivity contribution in [2.24, 2.45) is 0 Å². The molecule has 140 valence electrons. The van der Waals surface area contributed by atoms with Gasteiger partial charge >= 0.3 is 0 Å². The summed E-state index contributed by atoms with van der Waals surface area (Å²) in [7, 11) is 1.72. The molecular formula is C19H25BrN4O2. The number of carbonyl (C=O) groups excluding carboxylic acids is 1. The molecule has 0 radical (unpaired) electrons. The summed E-state index contributed by atoms with van der Waals surface area (Å²) in [6.45, 7) is 6.15. The maximum atomic E-state index is 12.9. The van der Waals surface area contributed by atoms with E-state index in [4.69, 9.17) is 4.74 Å². The summed E-state index contributed by atoms with van der Waals surface area (Å²) in [6, 6.07) is 10.1. The Kier molecular flexibility index (Phi) is 6.45. The maximum absolute atomic E-state index is 12.9. The number of halogens is 1. The van der Waals surface area contributed by atoms with E-state index in [0.717, 1.165) is 54.9 Å². The van der Waals surface area contributed by atoms with Crippen molar-refractivity contribution < 1.29 is 9.53 Å². The number of rotatable bonds is 6. The summed E-state index contributed by atoms with van der Waals surface area (Å²) >= 11 is 3.43. The lowest BCUT2D eigenvalue weighted by molar-refractivity contribution is 0.0380. The number of methoxy groups -OCH3 is 1. The van der Waals surface area contributed by atoms with Crippen LogP contribution in [0, 0.1) is 0 Å². The summed E-state index contributed by atoms with van der Waals surface area (Å²) in [5.41, 5.74) is 2.31. The van der Waals surface area contributed by atoms with Gasteiger partial charge in [0.05, 0.1) is 12.3 Å². The Morgan fingerprint density at radius 1 is 1.35 bits per heavy atom. The van der Waals surface area contributed by atoms with E-state index in [1.165, 1.54) is 0 Å². The van der Waals surface area contributed by atoms with Crippen LogP contribution in [0.4, 0.5) is 0 Å². The lowest BCUT2D eigenvalue weighted by Crippen LogP contribution is -2.55. The highest BCUT2D eigenvalue weighted by atomic mass is 79.9. The van der Waals surface area contributed by atoms with Crippen LogP contribution in [0.3, 0.4) is 0 Å². The van der Waals surface area contributed by atoms with E-state index in [1.54, 1.807) is 7.11 Å². The van der Waals surface area contributed by atoms with Crippen LogP contribution < -0.4 is 0 Å². The number of hydrogen-bond acceptors (Lipinski definition) is 4. The van der Waals surface area contributed by atoms with Gasteiger partial charge in [-0.1, -0.05) is 35.0 Å². The van der Waals surface area contributed by atoms with Crippen LogP contribution >= 0.6 is 15.9 Å². The average Bonchev–Trinajstić information content (AvgIpc) is 3.16. The number of amides is 1. The van der Waals surface area contributed by atoms with Gasteiger partial charge in [0.25, 0.3) is 5.91 Å². The van der Waals surface area contributed by atoms with Crippen molar-refractivity contribution in [3.05, 3.63) is 40.5 Å². The molecule has 1 unspecified atom stereocenters. The van der Waals surface area contributed by atoms with Gasteiger partial charge in [0.15, 0.2) is 0 Å². The van der Waals surface area contributed by atoms with Crippen LogP contribution in [0.5, 0.6) is 0 Å². The minimum absolute atomic E-state index is 0.0192.